The monoisotopic (exact) mass is 620 g/mol. The van der Waals surface area contributed by atoms with E-state index < -0.39 is 78.5 Å². The van der Waals surface area contributed by atoms with E-state index >= 15 is 0 Å². The molecule has 17 nitrogen and oxygen atoms in total. The lowest BCUT2D eigenvalue weighted by atomic mass is 10.1. The zero-order valence-corrected chi connectivity index (χ0v) is 24.9. The van der Waals surface area contributed by atoms with E-state index in [2.05, 4.69) is 21.3 Å². The van der Waals surface area contributed by atoms with Gasteiger partial charge < -0.3 is 50.8 Å². The number of carboxylic acid groups (broad SMARTS) is 3. The molecule has 0 aliphatic carbocycles. The fourth-order valence-corrected chi connectivity index (χ4v) is 3.25. The van der Waals surface area contributed by atoms with Crippen LogP contribution in [-0.2, 0) is 43.0 Å². The molecule has 0 spiro atoms. The lowest BCUT2D eigenvalue weighted by molar-refractivity contribution is -0.143. The van der Waals surface area contributed by atoms with Crippen molar-refractivity contribution < 1.29 is 63.1 Å². The maximum atomic E-state index is 12.8. The van der Waals surface area contributed by atoms with Gasteiger partial charge in [0, 0.05) is 31.8 Å². The first-order valence-corrected chi connectivity index (χ1v) is 13.7. The van der Waals surface area contributed by atoms with Crippen LogP contribution in [0.5, 0.6) is 0 Å². The maximum absolute atomic E-state index is 12.8. The molecule has 0 saturated carbocycles. The Labute approximate surface area is 249 Å². The van der Waals surface area contributed by atoms with Crippen LogP contribution in [0.4, 0.5) is 4.79 Å². The second-order valence-corrected chi connectivity index (χ2v) is 10.5. The SMILES string of the molecule is CC(CCC(=O)O)NC(=O)C(CCC(=O)NC(CCC(=O)O)C(=O)O)NC(=O)COCCOCCNC(=O)OC(C)(C)C. The second kappa shape index (κ2) is 20.8. The summed E-state index contributed by atoms with van der Waals surface area (Å²) in [6, 6.07) is -3.26. The van der Waals surface area contributed by atoms with Crippen molar-refractivity contribution in [2.75, 3.05) is 33.0 Å². The number of carboxylic acids is 3. The normalized spacial score (nSPS) is 13.1. The van der Waals surface area contributed by atoms with E-state index in [1.54, 1.807) is 27.7 Å². The molecule has 0 fully saturated rings. The molecule has 0 bridgehead atoms. The number of hydrogen-bond acceptors (Lipinski definition) is 10. The van der Waals surface area contributed by atoms with E-state index in [4.69, 9.17) is 24.4 Å². The van der Waals surface area contributed by atoms with Crippen molar-refractivity contribution in [3.8, 4) is 0 Å². The number of rotatable bonds is 22. The Morgan fingerprint density at radius 2 is 1.26 bits per heavy atom. The predicted octanol–water partition coefficient (Wildman–Crippen LogP) is -0.387. The lowest BCUT2D eigenvalue weighted by Crippen LogP contribution is -2.50. The summed E-state index contributed by atoms with van der Waals surface area (Å²) < 4.78 is 15.6. The van der Waals surface area contributed by atoms with Gasteiger partial charge in [-0.25, -0.2) is 9.59 Å². The smallest absolute Gasteiger partial charge is 0.407 e. The molecule has 246 valence electrons. The Morgan fingerprint density at radius 1 is 0.698 bits per heavy atom. The van der Waals surface area contributed by atoms with Gasteiger partial charge in [-0.05, 0) is 47.0 Å². The van der Waals surface area contributed by atoms with Crippen molar-refractivity contribution >= 4 is 41.7 Å². The Kier molecular flexibility index (Phi) is 18.9. The number of alkyl carbamates (subject to hydrolysis) is 1. The molecule has 0 rings (SSSR count). The van der Waals surface area contributed by atoms with Gasteiger partial charge in [-0.3, -0.25) is 24.0 Å². The highest BCUT2D eigenvalue weighted by molar-refractivity contribution is 5.89. The molecule has 0 aliphatic rings. The number of hydrogen-bond donors (Lipinski definition) is 7. The molecule has 3 atom stereocenters. The van der Waals surface area contributed by atoms with Crippen LogP contribution >= 0.6 is 0 Å². The van der Waals surface area contributed by atoms with Crippen LogP contribution in [0.2, 0.25) is 0 Å². The average molecular weight is 621 g/mol. The van der Waals surface area contributed by atoms with Gasteiger partial charge in [-0.15, -0.1) is 0 Å². The zero-order chi connectivity index (χ0) is 33.0. The second-order valence-electron chi connectivity index (χ2n) is 10.5. The van der Waals surface area contributed by atoms with E-state index in [1.165, 1.54) is 0 Å². The van der Waals surface area contributed by atoms with Crippen molar-refractivity contribution in [2.24, 2.45) is 0 Å². The van der Waals surface area contributed by atoms with Crippen LogP contribution in [0.15, 0.2) is 0 Å². The standard InChI is InChI=1S/C26H44N4O13/c1-16(5-9-21(33)34)28-23(37)17(6-8-19(31)30-18(24(38)39)7-10-22(35)36)29-20(32)15-42-14-13-41-12-11-27-25(40)43-26(2,3)4/h16-18H,5-15H2,1-4H3,(H,27,40)(H,28,37)(H,29,32)(H,30,31)(H,33,34)(H,35,36)(H,38,39). The summed E-state index contributed by atoms with van der Waals surface area (Å²) in [6.07, 6.45) is -2.14. The first-order valence-electron chi connectivity index (χ1n) is 13.7. The molecule has 0 aromatic heterocycles. The summed E-state index contributed by atoms with van der Waals surface area (Å²) in [4.78, 5) is 82.0. The predicted molar refractivity (Wildman–Crippen MR) is 148 cm³/mol. The van der Waals surface area contributed by atoms with E-state index in [9.17, 15) is 38.7 Å². The van der Waals surface area contributed by atoms with Crippen LogP contribution in [0.25, 0.3) is 0 Å². The molecule has 0 heterocycles. The Hall–Kier alpha value is -3.99. The largest absolute Gasteiger partial charge is 0.481 e. The average Bonchev–Trinajstić information content (AvgIpc) is 2.87. The Balaban J connectivity index is 4.80. The van der Waals surface area contributed by atoms with Crippen molar-refractivity contribution in [2.45, 2.75) is 89.9 Å². The lowest BCUT2D eigenvalue weighted by Gasteiger charge is -2.21. The molecule has 0 radical (unpaired) electrons. The Bertz CT molecular complexity index is 952. The third-order valence-corrected chi connectivity index (χ3v) is 5.29. The van der Waals surface area contributed by atoms with Gasteiger partial charge in [0.15, 0.2) is 0 Å². The van der Waals surface area contributed by atoms with E-state index in [0.29, 0.717) is 0 Å². The molecule has 0 aromatic rings. The summed E-state index contributed by atoms with van der Waals surface area (Å²) in [5, 5.41) is 36.5. The Morgan fingerprint density at radius 3 is 1.84 bits per heavy atom. The number of amides is 4. The highest BCUT2D eigenvalue weighted by atomic mass is 16.6. The van der Waals surface area contributed by atoms with Crippen LogP contribution in [0.1, 0.15) is 66.2 Å². The third kappa shape index (κ3) is 22.3. The van der Waals surface area contributed by atoms with E-state index in [0.717, 1.165) is 0 Å². The zero-order valence-electron chi connectivity index (χ0n) is 24.9. The van der Waals surface area contributed by atoms with Crippen molar-refractivity contribution in [1.29, 1.82) is 0 Å². The quantitative estimate of drug-likeness (QED) is 0.0762. The van der Waals surface area contributed by atoms with Gasteiger partial charge in [0.1, 0.15) is 24.3 Å². The molecule has 4 amide bonds. The minimum Gasteiger partial charge on any atom is -0.481 e. The molecule has 0 aromatic carbocycles. The first-order chi connectivity index (χ1) is 20.0. The number of carbonyl (C=O) groups is 7. The summed E-state index contributed by atoms with van der Waals surface area (Å²) in [5.41, 5.74) is -0.628. The maximum Gasteiger partial charge on any atom is 0.407 e. The minimum absolute atomic E-state index is 0.0122. The fraction of sp³-hybridized carbons (Fsp3) is 0.731. The van der Waals surface area contributed by atoms with Gasteiger partial charge in [0.2, 0.25) is 17.7 Å². The highest BCUT2D eigenvalue weighted by Gasteiger charge is 2.26. The van der Waals surface area contributed by atoms with E-state index in [1.807, 2.05) is 0 Å². The van der Waals surface area contributed by atoms with Gasteiger partial charge in [-0.2, -0.15) is 0 Å². The van der Waals surface area contributed by atoms with Crippen molar-refractivity contribution in [3.05, 3.63) is 0 Å². The summed E-state index contributed by atoms with van der Waals surface area (Å²) >= 11 is 0. The van der Waals surface area contributed by atoms with Gasteiger partial charge >= 0.3 is 24.0 Å². The molecular formula is C26H44N4O13. The van der Waals surface area contributed by atoms with Crippen LogP contribution in [0, 0.1) is 0 Å². The van der Waals surface area contributed by atoms with Crippen molar-refractivity contribution in [1.82, 2.24) is 21.3 Å². The molecule has 7 N–H and O–H groups in total. The summed E-state index contributed by atoms with van der Waals surface area (Å²) in [7, 11) is 0. The summed E-state index contributed by atoms with van der Waals surface area (Å²) in [6.45, 7) is 6.77. The number of carbonyl (C=O) groups excluding carboxylic acids is 4. The highest BCUT2D eigenvalue weighted by Crippen LogP contribution is 2.06. The van der Waals surface area contributed by atoms with Gasteiger partial charge in [0.25, 0.3) is 0 Å². The molecule has 0 saturated heterocycles. The molecule has 17 heteroatoms. The van der Waals surface area contributed by atoms with Crippen molar-refractivity contribution in [3.63, 3.8) is 0 Å². The number of ether oxygens (including phenoxy) is 3. The van der Waals surface area contributed by atoms with E-state index in [-0.39, 0.29) is 58.5 Å². The molecular weight excluding hydrogens is 576 g/mol. The van der Waals surface area contributed by atoms with Crippen LogP contribution in [0.3, 0.4) is 0 Å². The van der Waals surface area contributed by atoms with Crippen LogP contribution in [-0.4, -0.2) is 114 Å². The fourth-order valence-electron chi connectivity index (χ4n) is 3.25. The number of aliphatic carboxylic acids is 3. The van der Waals surface area contributed by atoms with Gasteiger partial charge in [-0.1, -0.05) is 0 Å². The molecule has 0 aliphatic heterocycles. The van der Waals surface area contributed by atoms with Gasteiger partial charge in [0.05, 0.1) is 19.8 Å². The topological polar surface area (TPSA) is 256 Å². The molecule has 3 unspecified atom stereocenters. The number of nitrogens with one attached hydrogen (secondary N) is 4. The minimum atomic E-state index is -1.45. The molecule has 43 heavy (non-hydrogen) atoms. The first kappa shape index (κ1) is 39.0. The summed E-state index contributed by atoms with van der Waals surface area (Å²) in [5.74, 6) is -5.89. The third-order valence-electron chi connectivity index (χ3n) is 5.29. The van der Waals surface area contributed by atoms with Crippen LogP contribution < -0.4 is 21.3 Å².